The second-order valence-electron chi connectivity index (χ2n) is 5.87. The number of rotatable bonds is 2. The molecule has 3 heteroatoms. The van der Waals surface area contributed by atoms with Crippen LogP contribution >= 0.6 is 0 Å². The quantitative estimate of drug-likeness (QED) is 0.854. The molecule has 100 valence electrons. The van der Waals surface area contributed by atoms with Crippen molar-refractivity contribution >= 4 is 5.97 Å². The lowest BCUT2D eigenvalue weighted by atomic mass is 9.85. The molecule has 0 aliphatic carbocycles. The van der Waals surface area contributed by atoms with Crippen LogP contribution in [0.1, 0.15) is 42.4 Å². The molecule has 0 spiro atoms. The zero-order chi connectivity index (χ0) is 14.2. The summed E-state index contributed by atoms with van der Waals surface area (Å²) in [5, 5.41) is 8.97. The summed E-state index contributed by atoms with van der Waals surface area (Å²) in [6.45, 7) is 8.53. The van der Waals surface area contributed by atoms with E-state index in [4.69, 9.17) is 5.11 Å². The van der Waals surface area contributed by atoms with Crippen molar-refractivity contribution in [3.63, 3.8) is 0 Å². The summed E-state index contributed by atoms with van der Waals surface area (Å²) >= 11 is 0. The van der Waals surface area contributed by atoms with Gasteiger partial charge in [0.15, 0.2) is 0 Å². The summed E-state index contributed by atoms with van der Waals surface area (Å²) in [5.41, 5.74) is 4.56. The van der Waals surface area contributed by atoms with E-state index in [0.717, 1.165) is 16.8 Å². The Balaban J connectivity index is 2.51. The number of aromatic nitrogens is 1. The maximum Gasteiger partial charge on any atom is 0.352 e. The number of hydrogen-bond donors (Lipinski definition) is 2. The summed E-state index contributed by atoms with van der Waals surface area (Å²) in [6.07, 6.45) is 0. The molecule has 0 fully saturated rings. The van der Waals surface area contributed by atoms with Crippen molar-refractivity contribution in [2.75, 3.05) is 0 Å². The Bertz CT molecular complexity index is 618. The molecular formula is C16H19NO2. The Labute approximate surface area is 113 Å². The Kier molecular flexibility index (Phi) is 3.23. The lowest BCUT2D eigenvalue weighted by Crippen LogP contribution is -2.11. The molecule has 0 saturated heterocycles. The van der Waals surface area contributed by atoms with Crippen LogP contribution in [0, 0.1) is 6.92 Å². The molecule has 19 heavy (non-hydrogen) atoms. The number of carboxylic acid groups (broad SMARTS) is 1. The molecule has 0 saturated carbocycles. The highest BCUT2D eigenvalue weighted by atomic mass is 16.4. The lowest BCUT2D eigenvalue weighted by Gasteiger charge is -2.20. The third kappa shape index (κ3) is 2.70. The maximum atomic E-state index is 10.9. The summed E-state index contributed by atoms with van der Waals surface area (Å²) in [6, 6.07) is 9.75. The molecule has 0 bridgehead atoms. The maximum absolute atomic E-state index is 10.9. The number of H-pyrrole nitrogens is 1. The van der Waals surface area contributed by atoms with E-state index in [9.17, 15) is 4.79 Å². The number of hydrogen-bond acceptors (Lipinski definition) is 1. The fraction of sp³-hybridized carbons (Fsp3) is 0.312. The monoisotopic (exact) mass is 257 g/mol. The van der Waals surface area contributed by atoms with Crippen LogP contribution in [-0.2, 0) is 5.41 Å². The predicted molar refractivity (Wildman–Crippen MR) is 76.6 cm³/mol. The second-order valence-corrected chi connectivity index (χ2v) is 5.87. The van der Waals surface area contributed by atoms with Gasteiger partial charge in [0.2, 0.25) is 0 Å². The number of aromatic carboxylic acids is 1. The first-order valence-electron chi connectivity index (χ1n) is 6.33. The fourth-order valence-corrected chi connectivity index (χ4v) is 2.06. The zero-order valence-electron chi connectivity index (χ0n) is 11.7. The third-order valence-electron chi connectivity index (χ3n) is 3.31. The van der Waals surface area contributed by atoms with Gasteiger partial charge in [0, 0.05) is 11.3 Å². The summed E-state index contributed by atoms with van der Waals surface area (Å²) in [7, 11) is 0. The van der Waals surface area contributed by atoms with Gasteiger partial charge in [-0.25, -0.2) is 4.79 Å². The number of aromatic amines is 1. The van der Waals surface area contributed by atoms with E-state index in [1.165, 1.54) is 5.56 Å². The first kappa shape index (κ1) is 13.4. The Hall–Kier alpha value is -2.03. The highest BCUT2D eigenvalue weighted by Crippen LogP contribution is 2.29. The van der Waals surface area contributed by atoms with Gasteiger partial charge in [0.25, 0.3) is 0 Å². The summed E-state index contributed by atoms with van der Waals surface area (Å²) in [4.78, 5) is 13.9. The molecule has 1 heterocycles. The van der Waals surface area contributed by atoms with Crippen molar-refractivity contribution in [3.8, 4) is 11.3 Å². The molecule has 0 radical (unpaired) electrons. The first-order valence-corrected chi connectivity index (χ1v) is 6.33. The van der Waals surface area contributed by atoms with Crippen LogP contribution in [0.2, 0.25) is 0 Å². The van der Waals surface area contributed by atoms with E-state index in [1.807, 2.05) is 13.0 Å². The molecular weight excluding hydrogens is 238 g/mol. The van der Waals surface area contributed by atoms with Gasteiger partial charge in [-0.1, -0.05) is 32.9 Å². The summed E-state index contributed by atoms with van der Waals surface area (Å²) < 4.78 is 0. The van der Waals surface area contributed by atoms with E-state index >= 15 is 0 Å². The van der Waals surface area contributed by atoms with Crippen LogP contribution < -0.4 is 0 Å². The first-order chi connectivity index (χ1) is 8.79. The van der Waals surface area contributed by atoms with Gasteiger partial charge < -0.3 is 10.1 Å². The molecule has 0 aliphatic rings. The molecule has 2 N–H and O–H groups in total. The van der Waals surface area contributed by atoms with Crippen molar-refractivity contribution in [2.45, 2.75) is 33.1 Å². The standard InChI is InChI=1S/C16H19NO2/c1-10-5-6-11(16(2,3)4)9-12(10)13-7-8-14(17-13)15(18)19/h5-9,17H,1-4H3,(H,18,19). The number of carbonyl (C=O) groups is 1. The normalized spacial score (nSPS) is 11.6. The largest absolute Gasteiger partial charge is 0.477 e. The predicted octanol–water partition coefficient (Wildman–Crippen LogP) is 3.99. The second kappa shape index (κ2) is 4.57. The number of carboxylic acids is 1. The highest BCUT2D eigenvalue weighted by Gasteiger charge is 2.16. The molecule has 2 aromatic rings. The zero-order valence-corrected chi connectivity index (χ0v) is 11.7. The summed E-state index contributed by atoms with van der Waals surface area (Å²) in [5.74, 6) is -0.934. The SMILES string of the molecule is Cc1ccc(C(C)(C)C)cc1-c1ccc(C(=O)O)[nH]1. The molecule has 2 rings (SSSR count). The number of benzene rings is 1. The van der Waals surface area contributed by atoms with Crippen LogP contribution in [-0.4, -0.2) is 16.1 Å². The molecule has 0 unspecified atom stereocenters. The minimum atomic E-state index is -0.934. The molecule has 1 aromatic carbocycles. The van der Waals surface area contributed by atoms with Gasteiger partial charge in [-0.15, -0.1) is 0 Å². The van der Waals surface area contributed by atoms with Crippen molar-refractivity contribution in [2.24, 2.45) is 0 Å². The van der Waals surface area contributed by atoms with E-state index in [1.54, 1.807) is 6.07 Å². The Morgan fingerprint density at radius 2 is 1.84 bits per heavy atom. The minimum absolute atomic E-state index is 0.0741. The van der Waals surface area contributed by atoms with Gasteiger partial charge >= 0.3 is 5.97 Å². The molecule has 0 atom stereocenters. The van der Waals surface area contributed by atoms with E-state index in [2.05, 4.69) is 44.0 Å². The average molecular weight is 257 g/mol. The smallest absolute Gasteiger partial charge is 0.352 e. The van der Waals surface area contributed by atoms with E-state index < -0.39 is 5.97 Å². The van der Waals surface area contributed by atoms with Crippen LogP contribution in [0.4, 0.5) is 0 Å². The molecule has 0 aliphatic heterocycles. The van der Waals surface area contributed by atoms with E-state index in [-0.39, 0.29) is 11.1 Å². The van der Waals surface area contributed by atoms with Crippen LogP contribution in [0.3, 0.4) is 0 Å². The van der Waals surface area contributed by atoms with Crippen molar-refractivity contribution in [1.29, 1.82) is 0 Å². The van der Waals surface area contributed by atoms with Gasteiger partial charge in [0.05, 0.1) is 0 Å². The highest BCUT2D eigenvalue weighted by molar-refractivity contribution is 5.87. The number of nitrogens with one attached hydrogen (secondary N) is 1. The van der Waals surface area contributed by atoms with Gasteiger partial charge in [0.1, 0.15) is 5.69 Å². The lowest BCUT2D eigenvalue weighted by molar-refractivity contribution is 0.0691. The third-order valence-corrected chi connectivity index (χ3v) is 3.31. The molecule has 0 amide bonds. The van der Waals surface area contributed by atoms with Crippen molar-refractivity contribution in [1.82, 2.24) is 4.98 Å². The Morgan fingerprint density at radius 3 is 2.37 bits per heavy atom. The van der Waals surface area contributed by atoms with Gasteiger partial charge in [-0.3, -0.25) is 0 Å². The van der Waals surface area contributed by atoms with Crippen molar-refractivity contribution < 1.29 is 9.90 Å². The van der Waals surface area contributed by atoms with Gasteiger partial charge in [-0.05, 0) is 41.7 Å². The van der Waals surface area contributed by atoms with Crippen molar-refractivity contribution in [3.05, 3.63) is 47.2 Å². The minimum Gasteiger partial charge on any atom is -0.477 e. The van der Waals surface area contributed by atoms with Crippen LogP contribution in [0.25, 0.3) is 11.3 Å². The molecule has 1 aromatic heterocycles. The Morgan fingerprint density at radius 1 is 1.16 bits per heavy atom. The van der Waals surface area contributed by atoms with E-state index in [0.29, 0.717) is 0 Å². The topological polar surface area (TPSA) is 53.1 Å². The van der Waals surface area contributed by atoms with Crippen LogP contribution in [0.5, 0.6) is 0 Å². The van der Waals surface area contributed by atoms with Crippen LogP contribution in [0.15, 0.2) is 30.3 Å². The number of aryl methyl sites for hydroxylation is 1. The fourth-order valence-electron chi connectivity index (χ4n) is 2.06. The molecule has 3 nitrogen and oxygen atoms in total. The van der Waals surface area contributed by atoms with Gasteiger partial charge in [-0.2, -0.15) is 0 Å². The average Bonchev–Trinajstić information content (AvgIpc) is 2.77.